The third kappa shape index (κ3) is 3.74. The first-order valence-electron chi connectivity index (χ1n) is 8.89. The molecule has 1 atom stereocenters. The molecule has 2 aliphatic rings. The van der Waals surface area contributed by atoms with Crippen LogP contribution in [-0.4, -0.2) is 57.8 Å². The maximum absolute atomic E-state index is 12.8. The summed E-state index contributed by atoms with van der Waals surface area (Å²) in [6.07, 6.45) is 7.03. The Balaban J connectivity index is 1.69. The summed E-state index contributed by atoms with van der Waals surface area (Å²) >= 11 is 0. The van der Waals surface area contributed by atoms with E-state index in [0.29, 0.717) is 24.0 Å². The number of hydrogen-bond acceptors (Lipinski definition) is 4. The first-order chi connectivity index (χ1) is 11.5. The Bertz CT molecular complexity index is 611. The first kappa shape index (κ1) is 16.9. The second-order valence-corrected chi connectivity index (χ2v) is 7.15. The van der Waals surface area contributed by atoms with E-state index in [4.69, 9.17) is 0 Å². The van der Waals surface area contributed by atoms with E-state index in [1.165, 1.54) is 0 Å². The molecule has 0 N–H and O–H groups in total. The van der Waals surface area contributed by atoms with Crippen LogP contribution in [0.15, 0.2) is 12.4 Å². The summed E-state index contributed by atoms with van der Waals surface area (Å²) in [5, 5.41) is 0. The van der Waals surface area contributed by atoms with E-state index in [-0.39, 0.29) is 11.8 Å². The molecule has 2 aliphatic heterocycles. The van der Waals surface area contributed by atoms with Crippen molar-refractivity contribution < 1.29 is 9.59 Å². The maximum atomic E-state index is 12.8. The molecule has 0 bridgehead atoms. The molecule has 3 heterocycles. The van der Waals surface area contributed by atoms with Gasteiger partial charge in [-0.3, -0.25) is 14.6 Å². The number of rotatable bonds is 3. The van der Waals surface area contributed by atoms with Crippen molar-refractivity contribution in [3.05, 3.63) is 23.8 Å². The molecule has 1 aromatic rings. The molecule has 0 spiro atoms. The van der Waals surface area contributed by atoms with Crippen molar-refractivity contribution in [2.45, 2.75) is 39.5 Å². The molecule has 1 aromatic heterocycles. The number of carbonyl (C=O) groups is 2. The lowest BCUT2D eigenvalue weighted by Crippen LogP contribution is -2.39. The Morgan fingerprint density at radius 2 is 1.75 bits per heavy atom. The van der Waals surface area contributed by atoms with E-state index in [1.54, 1.807) is 19.3 Å². The second kappa shape index (κ2) is 7.28. The fourth-order valence-electron chi connectivity index (χ4n) is 3.62. The van der Waals surface area contributed by atoms with Crippen molar-refractivity contribution in [3.8, 4) is 0 Å². The highest BCUT2D eigenvalue weighted by Crippen LogP contribution is 2.23. The zero-order chi connectivity index (χ0) is 17.1. The van der Waals surface area contributed by atoms with Crippen LogP contribution in [0.2, 0.25) is 0 Å². The molecular formula is C18H26N4O2. The topological polar surface area (TPSA) is 66.4 Å². The molecule has 2 fully saturated rings. The van der Waals surface area contributed by atoms with Gasteiger partial charge in [-0.05, 0) is 37.5 Å². The highest BCUT2D eigenvalue weighted by atomic mass is 16.2. The third-order valence-corrected chi connectivity index (χ3v) is 5.26. The molecule has 0 radical (unpaired) electrons. The molecule has 0 saturated carbocycles. The predicted octanol–water partition coefficient (Wildman–Crippen LogP) is 1.76. The number of piperidine rings is 1. The Kier molecular flexibility index (Phi) is 5.11. The third-order valence-electron chi connectivity index (χ3n) is 5.26. The van der Waals surface area contributed by atoms with Crippen molar-refractivity contribution in [2.75, 3.05) is 26.2 Å². The van der Waals surface area contributed by atoms with Gasteiger partial charge >= 0.3 is 0 Å². The summed E-state index contributed by atoms with van der Waals surface area (Å²) in [6.45, 7) is 7.00. The minimum Gasteiger partial charge on any atom is -0.343 e. The van der Waals surface area contributed by atoms with E-state index < -0.39 is 0 Å². The minimum atomic E-state index is 0.00595. The zero-order valence-corrected chi connectivity index (χ0v) is 14.6. The SMILES string of the molecule is CC(=O)N1CC[C@H](Cc2nccnc2C(=O)N2CCC(C)CC2)C1. The van der Waals surface area contributed by atoms with Crippen LogP contribution in [0.4, 0.5) is 0 Å². The van der Waals surface area contributed by atoms with Gasteiger partial charge in [-0.15, -0.1) is 0 Å². The molecule has 24 heavy (non-hydrogen) atoms. The van der Waals surface area contributed by atoms with Crippen LogP contribution in [0, 0.1) is 11.8 Å². The van der Waals surface area contributed by atoms with E-state index in [1.807, 2.05) is 9.80 Å². The van der Waals surface area contributed by atoms with E-state index in [0.717, 1.165) is 51.1 Å². The molecule has 6 nitrogen and oxygen atoms in total. The van der Waals surface area contributed by atoms with Gasteiger partial charge in [-0.1, -0.05) is 6.92 Å². The summed E-state index contributed by atoms with van der Waals surface area (Å²) in [5.41, 5.74) is 1.27. The zero-order valence-electron chi connectivity index (χ0n) is 14.6. The van der Waals surface area contributed by atoms with E-state index in [9.17, 15) is 9.59 Å². The summed E-state index contributed by atoms with van der Waals surface area (Å²) in [7, 11) is 0. The van der Waals surface area contributed by atoms with Crippen molar-refractivity contribution in [2.24, 2.45) is 11.8 Å². The predicted molar refractivity (Wildman–Crippen MR) is 90.4 cm³/mol. The monoisotopic (exact) mass is 330 g/mol. The quantitative estimate of drug-likeness (QED) is 0.847. The normalized spacial score (nSPS) is 22.0. The average molecular weight is 330 g/mol. The lowest BCUT2D eigenvalue weighted by molar-refractivity contribution is -0.127. The number of amides is 2. The van der Waals surface area contributed by atoms with Crippen LogP contribution in [0.1, 0.15) is 49.3 Å². The highest BCUT2D eigenvalue weighted by Gasteiger charge is 2.29. The minimum absolute atomic E-state index is 0.00595. The lowest BCUT2D eigenvalue weighted by atomic mass is 9.98. The molecule has 0 unspecified atom stereocenters. The number of likely N-dealkylation sites (tertiary alicyclic amines) is 2. The van der Waals surface area contributed by atoms with E-state index in [2.05, 4.69) is 16.9 Å². The van der Waals surface area contributed by atoms with Gasteiger partial charge in [0.1, 0.15) is 5.69 Å². The van der Waals surface area contributed by atoms with Crippen LogP contribution >= 0.6 is 0 Å². The van der Waals surface area contributed by atoms with Gasteiger partial charge in [0.25, 0.3) is 5.91 Å². The van der Waals surface area contributed by atoms with Gasteiger partial charge in [0.15, 0.2) is 0 Å². The van der Waals surface area contributed by atoms with Crippen LogP contribution in [-0.2, 0) is 11.2 Å². The number of hydrogen-bond donors (Lipinski definition) is 0. The standard InChI is InChI=1S/C18H26N4O2/c1-13-3-8-21(9-4-13)18(24)17-16(19-6-7-20-17)11-15-5-10-22(12-15)14(2)23/h6-7,13,15H,3-5,8-12H2,1-2H3/t15-/m1/s1. The lowest BCUT2D eigenvalue weighted by Gasteiger charge is -2.30. The molecule has 0 aromatic carbocycles. The van der Waals surface area contributed by atoms with E-state index >= 15 is 0 Å². The maximum Gasteiger partial charge on any atom is 0.274 e. The number of aromatic nitrogens is 2. The van der Waals surface area contributed by atoms with Gasteiger partial charge in [-0.2, -0.15) is 0 Å². The highest BCUT2D eigenvalue weighted by molar-refractivity contribution is 5.93. The molecule has 3 rings (SSSR count). The van der Waals surface area contributed by atoms with Gasteiger partial charge in [0.05, 0.1) is 5.69 Å². The Morgan fingerprint density at radius 3 is 2.42 bits per heavy atom. The van der Waals surface area contributed by atoms with Crippen molar-refractivity contribution >= 4 is 11.8 Å². The molecule has 130 valence electrons. The van der Waals surface area contributed by atoms with Crippen molar-refractivity contribution in [3.63, 3.8) is 0 Å². The molecular weight excluding hydrogens is 304 g/mol. The van der Waals surface area contributed by atoms with Crippen LogP contribution < -0.4 is 0 Å². The Morgan fingerprint density at radius 1 is 1.08 bits per heavy atom. The fourth-order valence-corrected chi connectivity index (χ4v) is 3.62. The van der Waals surface area contributed by atoms with Crippen LogP contribution in [0.3, 0.4) is 0 Å². The van der Waals surface area contributed by atoms with Crippen LogP contribution in [0.25, 0.3) is 0 Å². The summed E-state index contributed by atoms with van der Waals surface area (Å²) in [4.78, 5) is 36.9. The Hall–Kier alpha value is -1.98. The molecule has 2 saturated heterocycles. The van der Waals surface area contributed by atoms with Crippen molar-refractivity contribution in [1.29, 1.82) is 0 Å². The molecule has 2 amide bonds. The smallest absolute Gasteiger partial charge is 0.274 e. The number of nitrogens with zero attached hydrogens (tertiary/aromatic N) is 4. The number of carbonyl (C=O) groups excluding carboxylic acids is 2. The summed E-state index contributed by atoms with van der Waals surface area (Å²) in [5.74, 6) is 1.17. The average Bonchev–Trinajstić information content (AvgIpc) is 3.04. The second-order valence-electron chi connectivity index (χ2n) is 7.15. The van der Waals surface area contributed by atoms with Gasteiger partial charge in [0.2, 0.25) is 5.91 Å². The van der Waals surface area contributed by atoms with Crippen molar-refractivity contribution in [1.82, 2.24) is 19.8 Å². The first-order valence-corrected chi connectivity index (χ1v) is 8.89. The summed E-state index contributed by atoms with van der Waals surface area (Å²) in [6, 6.07) is 0. The molecule has 0 aliphatic carbocycles. The van der Waals surface area contributed by atoms with Crippen LogP contribution in [0.5, 0.6) is 0 Å². The fraction of sp³-hybridized carbons (Fsp3) is 0.667. The Labute approximate surface area is 143 Å². The summed E-state index contributed by atoms with van der Waals surface area (Å²) < 4.78 is 0. The largest absolute Gasteiger partial charge is 0.343 e. The van der Waals surface area contributed by atoms with Gasteiger partial charge < -0.3 is 9.80 Å². The van der Waals surface area contributed by atoms with Gasteiger partial charge in [0, 0.05) is 45.5 Å². The molecule has 6 heteroatoms. The van der Waals surface area contributed by atoms with Gasteiger partial charge in [-0.25, -0.2) is 4.98 Å².